The van der Waals surface area contributed by atoms with Crippen LogP contribution in [0, 0.1) is 5.92 Å². The lowest BCUT2D eigenvalue weighted by molar-refractivity contribution is 0.0119. The number of likely N-dealkylation sites (tertiary alicyclic amines) is 1. The predicted octanol–water partition coefficient (Wildman–Crippen LogP) is 0.672. The molecule has 0 N–H and O–H groups in total. The highest BCUT2D eigenvalue weighted by atomic mass is 16.5. The molecule has 2 aliphatic heterocycles. The highest BCUT2D eigenvalue weighted by Gasteiger charge is 2.34. The highest BCUT2D eigenvalue weighted by molar-refractivity contribution is 4.97. The largest absolute Gasteiger partial charge is 0.379 e. The second-order valence-corrected chi connectivity index (χ2v) is 5.90. The van der Waals surface area contributed by atoms with E-state index in [-0.39, 0.29) is 0 Å². The highest BCUT2D eigenvalue weighted by Crippen LogP contribution is 2.22. The van der Waals surface area contributed by atoms with Crippen LogP contribution in [0.3, 0.4) is 0 Å². The van der Waals surface area contributed by atoms with Gasteiger partial charge in [-0.2, -0.15) is 0 Å². The first-order valence-corrected chi connectivity index (χ1v) is 7.62. The molecule has 0 spiro atoms. The summed E-state index contributed by atoms with van der Waals surface area (Å²) in [6.45, 7) is 9.81. The van der Waals surface area contributed by atoms with Gasteiger partial charge in [-0.1, -0.05) is 6.92 Å². The van der Waals surface area contributed by atoms with E-state index in [1.807, 2.05) is 6.20 Å². The minimum absolute atomic E-state index is 0.695. The molecule has 20 heavy (non-hydrogen) atoms. The molecule has 2 saturated heterocycles. The molecule has 0 bridgehead atoms. The molecule has 2 unspecified atom stereocenters. The van der Waals surface area contributed by atoms with Gasteiger partial charge in [-0.3, -0.25) is 14.9 Å². The Morgan fingerprint density at radius 2 is 2.10 bits per heavy atom. The van der Waals surface area contributed by atoms with Crippen molar-refractivity contribution in [3.05, 3.63) is 24.3 Å². The van der Waals surface area contributed by atoms with Gasteiger partial charge >= 0.3 is 0 Å². The Hall–Kier alpha value is -1.04. The molecule has 2 fully saturated rings. The fraction of sp³-hybridized carbons (Fsp3) is 0.733. The van der Waals surface area contributed by atoms with Crippen LogP contribution >= 0.6 is 0 Å². The number of rotatable bonds is 4. The van der Waals surface area contributed by atoms with Crippen molar-refractivity contribution in [3.8, 4) is 0 Å². The average molecular weight is 276 g/mol. The lowest BCUT2D eigenvalue weighted by Crippen LogP contribution is -2.46. The molecule has 3 rings (SSSR count). The number of nitrogens with zero attached hydrogens (tertiary/aromatic N) is 4. The fourth-order valence-corrected chi connectivity index (χ4v) is 3.35. The first-order chi connectivity index (χ1) is 9.83. The second kappa shape index (κ2) is 6.61. The van der Waals surface area contributed by atoms with Crippen LogP contribution in [-0.4, -0.2) is 71.7 Å². The van der Waals surface area contributed by atoms with E-state index in [2.05, 4.69) is 26.7 Å². The first kappa shape index (κ1) is 13.9. The van der Waals surface area contributed by atoms with Gasteiger partial charge in [0.1, 0.15) is 0 Å². The minimum atomic E-state index is 0.695. The Bertz CT molecular complexity index is 408. The van der Waals surface area contributed by atoms with Crippen molar-refractivity contribution >= 4 is 0 Å². The van der Waals surface area contributed by atoms with Crippen LogP contribution < -0.4 is 0 Å². The van der Waals surface area contributed by atoms with Crippen molar-refractivity contribution in [2.24, 2.45) is 5.92 Å². The molecule has 1 aromatic rings. The molecular weight excluding hydrogens is 252 g/mol. The van der Waals surface area contributed by atoms with Gasteiger partial charge in [0.25, 0.3) is 0 Å². The fourth-order valence-electron chi connectivity index (χ4n) is 3.35. The second-order valence-electron chi connectivity index (χ2n) is 5.90. The summed E-state index contributed by atoms with van der Waals surface area (Å²) in [5.41, 5.74) is 1.09. The Kier molecular flexibility index (Phi) is 4.60. The first-order valence-electron chi connectivity index (χ1n) is 7.62. The average Bonchev–Trinajstić information content (AvgIpc) is 2.88. The zero-order valence-corrected chi connectivity index (χ0v) is 12.2. The number of hydrogen-bond acceptors (Lipinski definition) is 5. The van der Waals surface area contributed by atoms with Crippen molar-refractivity contribution in [1.29, 1.82) is 0 Å². The van der Waals surface area contributed by atoms with Crippen LogP contribution in [-0.2, 0) is 11.2 Å². The molecule has 2 atom stereocenters. The summed E-state index contributed by atoms with van der Waals surface area (Å²) in [6, 6.07) is 0.695. The van der Waals surface area contributed by atoms with Gasteiger partial charge in [0.05, 0.1) is 18.9 Å². The lowest BCUT2D eigenvalue weighted by Gasteiger charge is -2.34. The monoisotopic (exact) mass is 276 g/mol. The smallest absolute Gasteiger partial charge is 0.0599 e. The van der Waals surface area contributed by atoms with Crippen LogP contribution in [0.2, 0.25) is 0 Å². The third kappa shape index (κ3) is 3.34. The molecule has 1 aromatic heterocycles. The normalized spacial score (nSPS) is 28.9. The van der Waals surface area contributed by atoms with Gasteiger partial charge in [-0.25, -0.2) is 0 Å². The van der Waals surface area contributed by atoms with E-state index in [0.29, 0.717) is 6.04 Å². The van der Waals surface area contributed by atoms with E-state index in [9.17, 15) is 0 Å². The SMILES string of the molecule is CC1CN(CCc2cnccn2)CC1N1CCOCC1. The molecular formula is C15H24N4O. The van der Waals surface area contributed by atoms with Crippen molar-refractivity contribution in [3.63, 3.8) is 0 Å². The molecule has 0 amide bonds. The maximum Gasteiger partial charge on any atom is 0.0599 e. The summed E-state index contributed by atoms with van der Waals surface area (Å²) in [5.74, 6) is 0.745. The van der Waals surface area contributed by atoms with E-state index < -0.39 is 0 Å². The molecule has 0 saturated carbocycles. The standard InChI is InChI=1S/C15H24N4O/c1-13-11-18(5-2-14-10-16-3-4-17-14)12-15(13)19-6-8-20-9-7-19/h3-4,10,13,15H,2,5-9,11-12H2,1H3. The zero-order valence-electron chi connectivity index (χ0n) is 12.2. The molecule has 3 heterocycles. The van der Waals surface area contributed by atoms with E-state index in [4.69, 9.17) is 4.74 Å². The predicted molar refractivity (Wildman–Crippen MR) is 77.5 cm³/mol. The van der Waals surface area contributed by atoms with Gasteiger partial charge in [0.15, 0.2) is 0 Å². The number of morpholine rings is 1. The Morgan fingerprint density at radius 3 is 2.85 bits per heavy atom. The third-order valence-corrected chi connectivity index (χ3v) is 4.46. The van der Waals surface area contributed by atoms with Gasteiger partial charge in [-0.15, -0.1) is 0 Å². The number of aromatic nitrogens is 2. The molecule has 110 valence electrons. The van der Waals surface area contributed by atoms with E-state index in [0.717, 1.165) is 50.9 Å². The molecule has 5 nitrogen and oxygen atoms in total. The summed E-state index contributed by atoms with van der Waals surface area (Å²) in [7, 11) is 0. The van der Waals surface area contributed by atoms with E-state index in [1.165, 1.54) is 13.1 Å². The van der Waals surface area contributed by atoms with Crippen LogP contribution in [0.25, 0.3) is 0 Å². The van der Waals surface area contributed by atoms with Crippen molar-refractivity contribution in [2.45, 2.75) is 19.4 Å². The van der Waals surface area contributed by atoms with Crippen LogP contribution in [0.1, 0.15) is 12.6 Å². The number of hydrogen-bond donors (Lipinski definition) is 0. The molecule has 2 aliphatic rings. The Balaban J connectivity index is 1.50. The van der Waals surface area contributed by atoms with Crippen molar-refractivity contribution in [1.82, 2.24) is 19.8 Å². The van der Waals surface area contributed by atoms with Crippen molar-refractivity contribution < 1.29 is 4.74 Å². The number of ether oxygens (including phenoxy) is 1. The summed E-state index contributed by atoms with van der Waals surface area (Å²) in [5, 5.41) is 0. The van der Waals surface area contributed by atoms with Crippen molar-refractivity contribution in [2.75, 3.05) is 45.9 Å². The van der Waals surface area contributed by atoms with Gasteiger partial charge in [-0.05, 0) is 5.92 Å². The lowest BCUT2D eigenvalue weighted by atomic mass is 10.0. The minimum Gasteiger partial charge on any atom is -0.379 e. The molecule has 0 radical (unpaired) electrons. The van der Waals surface area contributed by atoms with E-state index >= 15 is 0 Å². The summed E-state index contributed by atoms with van der Waals surface area (Å²) in [6.07, 6.45) is 6.38. The topological polar surface area (TPSA) is 41.5 Å². The maximum absolute atomic E-state index is 5.46. The van der Waals surface area contributed by atoms with Crippen LogP contribution in [0.4, 0.5) is 0 Å². The Labute approximate surface area is 121 Å². The zero-order chi connectivity index (χ0) is 13.8. The van der Waals surface area contributed by atoms with Crippen LogP contribution in [0.15, 0.2) is 18.6 Å². The molecule has 0 aromatic carbocycles. The van der Waals surface area contributed by atoms with Gasteiger partial charge in [0, 0.05) is 63.8 Å². The summed E-state index contributed by atoms with van der Waals surface area (Å²) >= 11 is 0. The molecule has 0 aliphatic carbocycles. The molecule has 5 heteroatoms. The van der Waals surface area contributed by atoms with Gasteiger partial charge < -0.3 is 9.64 Å². The third-order valence-electron chi connectivity index (χ3n) is 4.46. The summed E-state index contributed by atoms with van der Waals surface area (Å²) < 4.78 is 5.46. The summed E-state index contributed by atoms with van der Waals surface area (Å²) in [4.78, 5) is 13.7. The van der Waals surface area contributed by atoms with E-state index in [1.54, 1.807) is 12.4 Å². The quantitative estimate of drug-likeness (QED) is 0.808. The van der Waals surface area contributed by atoms with Gasteiger partial charge in [0.2, 0.25) is 0 Å². The van der Waals surface area contributed by atoms with Crippen LogP contribution in [0.5, 0.6) is 0 Å². The maximum atomic E-state index is 5.46. The Morgan fingerprint density at radius 1 is 1.25 bits per heavy atom.